The van der Waals surface area contributed by atoms with E-state index in [1.165, 1.54) is 19.2 Å². The number of nitrogens with one attached hydrogen (secondary N) is 1. The molecule has 19 heavy (non-hydrogen) atoms. The van der Waals surface area contributed by atoms with Gasteiger partial charge in [-0.3, -0.25) is 0 Å². The van der Waals surface area contributed by atoms with Crippen molar-refractivity contribution in [2.75, 3.05) is 13.7 Å². The van der Waals surface area contributed by atoms with Crippen LogP contribution in [-0.4, -0.2) is 19.6 Å². The van der Waals surface area contributed by atoms with Gasteiger partial charge in [0.15, 0.2) is 0 Å². The predicted octanol–water partition coefficient (Wildman–Crippen LogP) is 3.14. The predicted molar refractivity (Wildman–Crippen MR) is 73.5 cm³/mol. The third-order valence-electron chi connectivity index (χ3n) is 2.82. The third-order valence-corrected chi connectivity index (χ3v) is 2.82. The van der Waals surface area contributed by atoms with Crippen molar-refractivity contribution in [2.24, 2.45) is 5.41 Å². The highest BCUT2D eigenvalue weighted by Gasteiger charge is 2.12. The van der Waals surface area contributed by atoms with Gasteiger partial charge in [-0.2, -0.15) is 0 Å². The van der Waals surface area contributed by atoms with Gasteiger partial charge in [-0.05, 0) is 36.1 Å². The highest BCUT2D eigenvalue weighted by molar-refractivity contribution is 5.89. The topological polar surface area (TPSA) is 38.3 Å². The number of ether oxygens (including phenoxy) is 1. The maximum absolute atomic E-state index is 13.7. The number of hydrogen-bond donors (Lipinski definition) is 1. The lowest BCUT2D eigenvalue weighted by Crippen LogP contribution is -2.20. The van der Waals surface area contributed by atoms with E-state index in [-0.39, 0.29) is 11.0 Å². The van der Waals surface area contributed by atoms with Crippen molar-refractivity contribution in [1.82, 2.24) is 5.32 Å². The second-order valence-corrected chi connectivity index (χ2v) is 5.79. The van der Waals surface area contributed by atoms with Crippen LogP contribution in [0.1, 0.15) is 43.1 Å². The second kappa shape index (κ2) is 6.66. The number of methoxy groups -OCH3 is 1. The second-order valence-electron chi connectivity index (χ2n) is 5.79. The smallest absolute Gasteiger partial charge is 0.340 e. The molecule has 0 spiro atoms. The van der Waals surface area contributed by atoms with Crippen LogP contribution in [0.2, 0.25) is 0 Å². The van der Waals surface area contributed by atoms with Gasteiger partial charge in [-0.1, -0.05) is 26.8 Å². The van der Waals surface area contributed by atoms with E-state index in [1.54, 1.807) is 6.07 Å². The van der Waals surface area contributed by atoms with Gasteiger partial charge in [0.25, 0.3) is 0 Å². The van der Waals surface area contributed by atoms with E-state index in [2.05, 4.69) is 30.8 Å². The number of rotatable bonds is 5. The first kappa shape index (κ1) is 15.6. The maximum atomic E-state index is 13.7. The van der Waals surface area contributed by atoms with Gasteiger partial charge in [-0.25, -0.2) is 9.18 Å². The molecule has 1 aromatic carbocycles. The summed E-state index contributed by atoms with van der Waals surface area (Å²) in [5.41, 5.74) is 1.08. The Balaban J connectivity index is 2.52. The maximum Gasteiger partial charge on any atom is 0.340 e. The molecule has 0 unspecified atom stereocenters. The molecule has 0 atom stereocenters. The Morgan fingerprint density at radius 2 is 2.05 bits per heavy atom. The molecule has 1 N–H and O–H groups in total. The highest BCUT2D eigenvalue weighted by atomic mass is 19.1. The molecule has 3 nitrogen and oxygen atoms in total. The number of halogens is 1. The lowest BCUT2D eigenvalue weighted by Gasteiger charge is -2.18. The summed E-state index contributed by atoms with van der Waals surface area (Å²) in [6.45, 7) is 8.01. The van der Waals surface area contributed by atoms with Crippen molar-refractivity contribution in [2.45, 2.75) is 33.7 Å². The largest absolute Gasteiger partial charge is 0.465 e. The molecule has 0 radical (unpaired) electrons. The van der Waals surface area contributed by atoms with E-state index in [1.807, 2.05) is 0 Å². The molecule has 0 aliphatic heterocycles. The minimum absolute atomic E-state index is 0.0269. The van der Waals surface area contributed by atoms with Crippen LogP contribution in [0.4, 0.5) is 4.39 Å². The van der Waals surface area contributed by atoms with Crippen molar-refractivity contribution in [1.29, 1.82) is 0 Å². The summed E-state index contributed by atoms with van der Waals surface area (Å²) in [6, 6.07) is 4.57. The summed E-state index contributed by atoms with van der Waals surface area (Å²) in [5, 5.41) is 3.27. The van der Waals surface area contributed by atoms with Crippen molar-refractivity contribution in [3.05, 3.63) is 35.1 Å². The number of carbonyl (C=O) groups excluding carboxylic acids is 1. The van der Waals surface area contributed by atoms with E-state index in [0.717, 1.165) is 18.5 Å². The normalized spacial score (nSPS) is 11.4. The van der Waals surface area contributed by atoms with Gasteiger partial charge in [0.2, 0.25) is 0 Å². The minimum Gasteiger partial charge on any atom is -0.465 e. The summed E-state index contributed by atoms with van der Waals surface area (Å²) in [5.74, 6) is -1.19. The zero-order valence-electron chi connectivity index (χ0n) is 12.0. The van der Waals surface area contributed by atoms with Crippen LogP contribution in [0.15, 0.2) is 18.2 Å². The van der Waals surface area contributed by atoms with Crippen LogP contribution in [0, 0.1) is 11.2 Å². The molecule has 0 bridgehead atoms. The quantitative estimate of drug-likeness (QED) is 0.658. The fourth-order valence-corrected chi connectivity index (χ4v) is 1.64. The van der Waals surface area contributed by atoms with E-state index in [9.17, 15) is 9.18 Å². The molecule has 0 saturated carbocycles. The summed E-state index contributed by atoms with van der Waals surface area (Å²) in [4.78, 5) is 11.2. The highest BCUT2D eigenvalue weighted by Crippen LogP contribution is 2.17. The van der Waals surface area contributed by atoms with Gasteiger partial charge in [-0.15, -0.1) is 0 Å². The summed E-state index contributed by atoms with van der Waals surface area (Å²) >= 11 is 0. The molecular weight excluding hydrogens is 245 g/mol. The van der Waals surface area contributed by atoms with Crippen LogP contribution in [0.5, 0.6) is 0 Å². The monoisotopic (exact) mass is 267 g/mol. The molecule has 1 aromatic rings. The van der Waals surface area contributed by atoms with Crippen LogP contribution in [0.3, 0.4) is 0 Å². The average Bonchev–Trinajstić information content (AvgIpc) is 2.33. The first-order valence-corrected chi connectivity index (χ1v) is 6.41. The average molecular weight is 267 g/mol. The van der Waals surface area contributed by atoms with Crippen LogP contribution in [-0.2, 0) is 11.3 Å². The molecule has 0 saturated heterocycles. The van der Waals surface area contributed by atoms with Gasteiger partial charge in [0.1, 0.15) is 5.82 Å². The van der Waals surface area contributed by atoms with Gasteiger partial charge in [0.05, 0.1) is 12.7 Å². The molecule has 4 heteroatoms. The van der Waals surface area contributed by atoms with E-state index in [4.69, 9.17) is 0 Å². The van der Waals surface area contributed by atoms with Crippen molar-refractivity contribution >= 4 is 5.97 Å². The third kappa shape index (κ3) is 5.39. The lowest BCUT2D eigenvalue weighted by atomic mass is 9.92. The zero-order chi connectivity index (χ0) is 14.5. The Labute approximate surface area is 114 Å². The van der Waals surface area contributed by atoms with E-state index >= 15 is 0 Å². The Morgan fingerprint density at radius 3 is 2.58 bits per heavy atom. The van der Waals surface area contributed by atoms with Gasteiger partial charge >= 0.3 is 5.97 Å². The zero-order valence-corrected chi connectivity index (χ0v) is 12.0. The minimum atomic E-state index is -0.648. The first-order chi connectivity index (χ1) is 8.83. The molecule has 106 valence electrons. The van der Waals surface area contributed by atoms with Crippen molar-refractivity contribution in [3.8, 4) is 0 Å². The molecule has 0 fully saturated rings. The molecular formula is C15H22FNO2. The van der Waals surface area contributed by atoms with Crippen LogP contribution in [0.25, 0.3) is 0 Å². The SMILES string of the molecule is COC(=O)c1ccc(CNCCC(C)(C)C)cc1F. The Bertz CT molecular complexity index is 438. The fraction of sp³-hybridized carbons (Fsp3) is 0.533. The van der Waals surface area contributed by atoms with Crippen LogP contribution >= 0.6 is 0 Å². The molecule has 0 aromatic heterocycles. The van der Waals surface area contributed by atoms with E-state index in [0.29, 0.717) is 6.54 Å². The van der Waals surface area contributed by atoms with Crippen molar-refractivity contribution in [3.63, 3.8) is 0 Å². The molecule has 0 amide bonds. The molecule has 0 aliphatic carbocycles. The Morgan fingerprint density at radius 1 is 1.37 bits per heavy atom. The number of benzene rings is 1. The summed E-state index contributed by atoms with van der Waals surface area (Å²) < 4.78 is 18.2. The van der Waals surface area contributed by atoms with Gasteiger partial charge < -0.3 is 10.1 Å². The number of esters is 1. The number of carbonyl (C=O) groups is 1. The Kier molecular flexibility index (Phi) is 5.48. The first-order valence-electron chi connectivity index (χ1n) is 6.41. The fourth-order valence-electron chi connectivity index (χ4n) is 1.64. The van der Waals surface area contributed by atoms with Crippen molar-refractivity contribution < 1.29 is 13.9 Å². The lowest BCUT2D eigenvalue weighted by molar-refractivity contribution is 0.0595. The van der Waals surface area contributed by atoms with Gasteiger partial charge in [0, 0.05) is 6.54 Å². The molecule has 0 aliphatic rings. The number of hydrogen-bond acceptors (Lipinski definition) is 3. The summed E-state index contributed by atoms with van der Waals surface area (Å²) in [6.07, 6.45) is 1.05. The van der Waals surface area contributed by atoms with E-state index < -0.39 is 11.8 Å². The Hall–Kier alpha value is -1.42. The molecule has 1 rings (SSSR count). The summed E-state index contributed by atoms with van der Waals surface area (Å²) in [7, 11) is 1.24. The molecule has 0 heterocycles. The van der Waals surface area contributed by atoms with Crippen LogP contribution < -0.4 is 5.32 Å². The standard InChI is InChI=1S/C15H22FNO2/c1-15(2,3)7-8-17-10-11-5-6-12(13(16)9-11)14(18)19-4/h5-6,9,17H,7-8,10H2,1-4H3.